The first-order valence-electron chi connectivity index (χ1n) is 12.8. The van der Waals surface area contributed by atoms with Crippen LogP contribution in [-0.4, -0.2) is 29.1 Å². The average molecular weight is 493 g/mol. The van der Waals surface area contributed by atoms with Crippen LogP contribution in [0.15, 0.2) is 48.5 Å². The van der Waals surface area contributed by atoms with Crippen LogP contribution in [0.25, 0.3) is 38.4 Å². The minimum Gasteiger partial charge on any atom is -0.662 e. The standard InChI is InChI=1S/C30H37N4.K/c1-6-22-17-24-14-15-25(19-26(24)18-23(22)7-2)29-33-28-20(4)11-9-13-27(28)30(34-29)32-21(5)12-10-16-31-8-3;/h9,11,13-15,17-19,21H,6-8,10,12,16H2,1-5H3,(H,32,33,34);/q-1;+1. The van der Waals surface area contributed by atoms with Crippen molar-refractivity contribution in [2.75, 3.05) is 18.4 Å². The third-order valence-corrected chi connectivity index (χ3v) is 6.67. The van der Waals surface area contributed by atoms with Crippen LogP contribution >= 0.6 is 0 Å². The molecule has 0 bridgehead atoms. The molecule has 0 saturated carbocycles. The van der Waals surface area contributed by atoms with E-state index >= 15 is 0 Å². The molecule has 3 aromatic carbocycles. The van der Waals surface area contributed by atoms with E-state index in [1.807, 2.05) is 0 Å². The van der Waals surface area contributed by atoms with Crippen LogP contribution in [0, 0.1) is 6.92 Å². The zero-order valence-corrected chi connectivity index (χ0v) is 25.4. The zero-order valence-electron chi connectivity index (χ0n) is 22.3. The SMILES string of the molecule is CC[N-]CCCC(C)Nc1nc(-c2ccc3cc(CC)c(CC)cc3c2)nc2c(C)cccc12.[K+]. The summed E-state index contributed by atoms with van der Waals surface area (Å²) in [6.07, 6.45) is 4.26. The number of hydrogen-bond donors (Lipinski definition) is 1. The Morgan fingerprint density at radius 2 is 1.66 bits per heavy atom. The second-order valence-corrected chi connectivity index (χ2v) is 9.21. The molecule has 0 aliphatic carbocycles. The van der Waals surface area contributed by atoms with Crippen molar-refractivity contribution in [1.82, 2.24) is 9.97 Å². The minimum absolute atomic E-state index is 0. The molecule has 35 heavy (non-hydrogen) atoms. The van der Waals surface area contributed by atoms with Crippen molar-refractivity contribution in [3.8, 4) is 11.4 Å². The fraction of sp³-hybridized carbons (Fsp3) is 0.400. The molecule has 0 fully saturated rings. The first-order chi connectivity index (χ1) is 16.5. The Morgan fingerprint density at radius 3 is 2.37 bits per heavy atom. The Kier molecular flexibility index (Phi) is 10.7. The topological polar surface area (TPSA) is 51.9 Å². The molecule has 0 amide bonds. The number of para-hydroxylation sites is 1. The molecule has 178 valence electrons. The Labute approximate surface area is 253 Å². The van der Waals surface area contributed by atoms with Crippen molar-refractivity contribution in [2.24, 2.45) is 0 Å². The van der Waals surface area contributed by atoms with Gasteiger partial charge in [0.1, 0.15) is 5.82 Å². The van der Waals surface area contributed by atoms with Crippen LogP contribution in [0.1, 0.15) is 57.2 Å². The summed E-state index contributed by atoms with van der Waals surface area (Å²) in [5, 5.41) is 11.7. The van der Waals surface area contributed by atoms with Crippen molar-refractivity contribution < 1.29 is 51.4 Å². The van der Waals surface area contributed by atoms with E-state index in [4.69, 9.17) is 9.97 Å². The molecule has 4 aromatic rings. The Hall–Kier alpha value is -1.34. The predicted molar refractivity (Wildman–Crippen MR) is 147 cm³/mol. The van der Waals surface area contributed by atoms with Gasteiger partial charge in [0, 0.05) is 17.0 Å². The molecule has 1 N–H and O–H groups in total. The van der Waals surface area contributed by atoms with Gasteiger partial charge in [0.05, 0.1) is 5.52 Å². The summed E-state index contributed by atoms with van der Waals surface area (Å²) < 4.78 is 0. The molecule has 1 unspecified atom stereocenters. The van der Waals surface area contributed by atoms with Crippen molar-refractivity contribution in [2.45, 2.75) is 66.3 Å². The molecule has 4 rings (SSSR count). The third kappa shape index (κ3) is 6.70. The summed E-state index contributed by atoms with van der Waals surface area (Å²) in [7, 11) is 0. The largest absolute Gasteiger partial charge is 1.00 e. The van der Waals surface area contributed by atoms with Gasteiger partial charge in [-0.05, 0) is 72.7 Å². The maximum atomic E-state index is 5.03. The molecular formula is C30H37KN4. The smallest absolute Gasteiger partial charge is 0.662 e. The molecule has 0 aliphatic rings. The summed E-state index contributed by atoms with van der Waals surface area (Å²) in [4.78, 5) is 10.1. The van der Waals surface area contributed by atoms with Crippen molar-refractivity contribution in [1.29, 1.82) is 0 Å². The molecule has 0 aliphatic heterocycles. The van der Waals surface area contributed by atoms with E-state index in [-0.39, 0.29) is 51.4 Å². The van der Waals surface area contributed by atoms with E-state index in [1.165, 1.54) is 27.5 Å². The van der Waals surface area contributed by atoms with Gasteiger partial charge in [0.15, 0.2) is 5.82 Å². The first-order valence-corrected chi connectivity index (χ1v) is 12.8. The Morgan fingerprint density at radius 1 is 0.914 bits per heavy atom. The van der Waals surface area contributed by atoms with Crippen LogP contribution in [0.5, 0.6) is 0 Å². The maximum absolute atomic E-state index is 5.03. The maximum Gasteiger partial charge on any atom is 1.00 e. The van der Waals surface area contributed by atoms with E-state index in [1.54, 1.807) is 0 Å². The van der Waals surface area contributed by atoms with Gasteiger partial charge in [0.25, 0.3) is 0 Å². The second-order valence-electron chi connectivity index (χ2n) is 9.21. The van der Waals surface area contributed by atoms with Gasteiger partial charge in [-0.3, -0.25) is 0 Å². The number of aromatic nitrogens is 2. The minimum atomic E-state index is 0. The fourth-order valence-electron chi connectivity index (χ4n) is 4.70. The van der Waals surface area contributed by atoms with Crippen LogP contribution in [0.3, 0.4) is 0 Å². The van der Waals surface area contributed by atoms with E-state index < -0.39 is 0 Å². The molecule has 5 heteroatoms. The zero-order chi connectivity index (χ0) is 24.1. The molecule has 1 atom stereocenters. The molecule has 0 radical (unpaired) electrons. The van der Waals surface area contributed by atoms with Crippen LogP contribution in [0.4, 0.5) is 5.82 Å². The molecule has 1 heterocycles. The van der Waals surface area contributed by atoms with E-state index in [0.717, 1.165) is 66.9 Å². The van der Waals surface area contributed by atoms with Gasteiger partial charge >= 0.3 is 51.4 Å². The van der Waals surface area contributed by atoms with E-state index in [9.17, 15) is 0 Å². The van der Waals surface area contributed by atoms with Gasteiger partial charge < -0.3 is 10.6 Å². The van der Waals surface area contributed by atoms with E-state index in [2.05, 4.69) is 93.8 Å². The summed E-state index contributed by atoms with van der Waals surface area (Å²) in [5.74, 6) is 1.69. The second kappa shape index (κ2) is 13.3. The Bertz CT molecular complexity index is 1280. The summed E-state index contributed by atoms with van der Waals surface area (Å²) in [5.41, 5.74) is 6.10. The predicted octanol–water partition coefficient (Wildman–Crippen LogP) is 4.86. The van der Waals surface area contributed by atoms with Gasteiger partial charge in [-0.2, -0.15) is 6.54 Å². The fourth-order valence-corrected chi connectivity index (χ4v) is 4.70. The number of hydrogen-bond acceptors (Lipinski definition) is 3. The normalized spacial score (nSPS) is 12.0. The summed E-state index contributed by atoms with van der Waals surface area (Å²) >= 11 is 0. The number of nitrogens with one attached hydrogen (secondary N) is 1. The average Bonchev–Trinajstić information content (AvgIpc) is 2.85. The van der Waals surface area contributed by atoms with Crippen LogP contribution in [0.2, 0.25) is 0 Å². The Balaban J connectivity index is 0.00000342. The monoisotopic (exact) mass is 492 g/mol. The summed E-state index contributed by atoms with van der Waals surface area (Å²) in [6, 6.07) is 17.9. The summed E-state index contributed by atoms with van der Waals surface area (Å²) in [6.45, 7) is 12.7. The number of benzene rings is 3. The third-order valence-electron chi connectivity index (χ3n) is 6.67. The number of rotatable bonds is 10. The molecule has 0 saturated heterocycles. The molecule has 0 spiro atoms. The van der Waals surface area contributed by atoms with Crippen LogP contribution in [-0.2, 0) is 12.8 Å². The van der Waals surface area contributed by atoms with Gasteiger partial charge in [-0.25, -0.2) is 9.97 Å². The van der Waals surface area contributed by atoms with Crippen molar-refractivity contribution in [3.05, 3.63) is 70.5 Å². The van der Waals surface area contributed by atoms with E-state index in [0.29, 0.717) is 6.04 Å². The quantitative estimate of drug-likeness (QED) is 0.254. The molecule has 4 nitrogen and oxygen atoms in total. The van der Waals surface area contributed by atoms with Gasteiger partial charge in [-0.15, -0.1) is 6.54 Å². The van der Waals surface area contributed by atoms with Crippen molar-refractivity contribution in [3.63, 3.8) is 0 Å². The number of anilines is 1. The van der Waals surface area contributed by atoms with Crippen molar-refractivity contribution >= 4 is 27.5 Å². The molecule has 1 aromatic heterocycles. The van der Waals surface area contributed by atoms with Gasteiger partial charge in [-0.1, -0.05) is 63.6 Å². The number of aryl methyl sites for hydroxylation is 3. The molecular weight excluding hydrogens is 455 g/mol. The number of fused-ring (bicyclic) bond motifs is 2. The van der Waals surface area contributed by atoms with Crippen LogP contribution < -0.4 is 56.7 Å². The first kappa shape index (κ1) is 28.2. The van der Waals surface area contributed by atoms with Gasteiger partial charge in [0.2, 0.25) is 0 Å². The number of nitrogens with zero attached hydrogens (tertiary/aromatic N) is 3.